The molecule has 1 amide bonds. The molecule has 0 saturated heterocycles. The number of hydrogen-bond donors (Lipinski definition) is 1. The zero-order chi connectivity index (χ0) is 17.9. The van der Waals surface area contributed by atoms with Crippen LogP contribution in [0.5, 0.6) is 0 Å². The number of benzene rings is 2. The number of carbonyl (C=O) groups excluding carboxylic acids is 1. The summed E-state index contributed by atoms with van der Waals surface area (Å²) in [5, 5.41) is 23.8. The Bertz CT molecular complexity index is 794. The molecule has 0 aliphatic carbocycles. The molecule has 0 radical (unpaired) electrons. The number of hydrogen-bond acceptors (Lipinski definition) is 5. The number of carbonyl (C=O) groups is 1. The van der Waals surface area contributed by atoms with Crippen LogP contribution < -0.4 is 8.39 Å². The van der Waals surface area contributed by atoms with Gasteiger partial charge in [-0.15, -0.1) is 0 Å². The number of nitro groups is 2. The first-order chi connectivity index (χ1) is 11.3. The molecule has 0 bridgehead atoms. The normalized spacial score (nSPS) is 9.92. The predicted octanol–water partition coefficient (Wildman–Crippen LogP) is 3.27. The van der Waals surface area contributed by atoms with Crippen LogP contribution in [0, 0.1) is 20.2 Å². The molecule has 0 saturated carbocycles. The Morgan fingerprint density at radius 1 is 1.04 bits per heavy atom. The second-order valence-corrected chi connectivity index (χ2v) is 11.6. The Morgan fingerprint density at radius 3 is 1.96 bits per heavy atom. The molecule has 0 aromatic heterocycles. The van der Waals surface area contributed by atoms with Gasteiger partial charge in [-0.1, -0.05) is 0 Å². The zero-order valence-electron chi connectivity index (χ0n) is 11.9. The fourth-order valence-corrected chi connectivity index (χ4v) is 5.29. The van der Waals surface area contributed by atoms with Crippen molar-refractivity contribution in [3.63, 3.8) is 0 Å². The maximum atomic E-state index is 12.2. The first kappa shape index (κ1) is 18.6. The van der Waals surface area contributed by atoms with Crippen molar-refractivity contribution >= 4 is 45.9 Å². The zero-order valence-corrected chi connectivity index (χ0v) is 18.9. The van der Waals surface area contributed by atoms with Crippen molar-refractivity contribution in [2.75, 3.05) is 5.32 Å². The minimum atomic E-state index is -1.53. The molecule has 0 fully saturated rings. The molecular weight excluding hydrogens is 550 g/mol. The Hall–Kier alpha value is -1.77. The van der Waals surface area contributed by atoms with Crippen molar-refractivity contribution < 1.29 is 38.0 Å². The molecule has 24 heavy (non-hydrogen) atoms. The third-order valence-electron chi connectivity index (χ3n) is 3.06. The molecule has 2 aromatic carbocycles. The van der Waals surface area contributed by atoms with Crippen LogP contribution in [-0.4, -0.2) is 15.8 Å². The molecule has 0 aliphatic rings. The average Bonchev–Trinajstić information content (AvgIpc) is 2.55. The van der Waals surface area contributed by atoms with E-state index in [4.69, 9.17) is 19.9 Å². The first-order valence-electron chi connectivity index (χ1n) is 6.42. The summed E-state index contributed by atoms with van der Waals surface area (Å²) in [5.41, 5.74) is -1.20. The van der Waals surface area contributed by atoms with Gasteiger partial charge in [0.05, 0.1) is 0 Å². The van der Waals surface area contributed by atoms with Crippen LogP contribution in [0.2, 0.25) is 5.02 Å². The van der Waals surface area contributed by atoms with Crippen LogP contribution in [0.3, 0.4) is 0 Å². The van der Waals surface area contributed by atoms with Gasteiger partial charge < -0.3 is 0 Å². The summed E-state index contributed by atoms with van der Waals surface area (Å²) in [4.78, 5) is 32.4. The van der Waals surface area contributed by atoms with E-state index in [1.165, 1.54) is 0 Å². The number of nitrogens with zero attached hydrogens (tertiary/aromatic N) is 2. The molecule has 2 aromatic rings. The summed E-state index contributed by atoms with van der Waals surface area (Å²) in [6.07, 6.45) is 0. The van der Waals surface area contributed by atoms with Crippen molar-refractivity contribution in [2.24, 2.45) is 0 Å². The van der Waals surface area contributed by atoms with Crippen molar-refractivity contribution in [3.8, 4) is 0 Å². The fraction of sp³-hybridized carbons (Fsp3) is 0. The van der Waals surface area contributed by atoms with E-state index in [9.17, 15) is 25.0 Å². The minimum absolute atomic E-state index is 0.237. The van der Waals surface area contributed by atoms with E-state index in [1.54, 1.807) is 24.3 Å². The van der Waals surface area contributed by atoms with Crippen LogP contribution in [0.1, 0.15) is 10.4 Å². The molecule has 0 heterocycles. The maximum absolute atomic E-state index is 12.2. The molecule has 0 spiro atoms. The number of nitro benzene ring substituents is 2. The van der Waals surface area contributed by atoms with Gasteiger partial charge in [0, 0.05) is 0 Å². The summed E-state index contributed by atoms with van der Waals surface area (Å²) in [5.74, 6) is -0.721. The van der Waals surface area contributed by atoms with Crippen LogP contribution >= 0.6 is 19.9 Å². The standard InChI is InChI=1S/C13H7ClN3O5.ClH.Hg/c14-12-10(16(19)20)6-8(7-11(12)17(21)22)13(18)15-9-4-2-1-3-5-9;;/h2-7H,(H,15,18);1H;/q;;+1/p-1. The SMILES string of the molecule is O=C(Nc1cc[c]([Hg][Cl])cc1)c1cc([N+](=O)[O-])c(Cl)c([N+](=O)[O-])c1. The summed E-state index contributed by atoms with van der Waals surface area (Å²) in [6, 6.07) is 8.67. The Balaban J connectivity index is 2.37. The van der Waals surface area contributed by atoms with E-state index < -0.39 is 55.5 Å². The quantitative estimate of drug-likeness (QED) is 0.345. The molecule has 1 N–H and O–H groups in total. The van der Waals surface area contributed by atoms with Gasteiger partial charge in [0.2, 0.25) is 0 Å². The number of nitrogens with one attached hydrogen (secondary N) is 1. The van der Waals surface area contributed by atoms with E-state index in [2.05, 4.69) is 5.32 Å². The molecule has 2 rings (SSSR count). The second kappa shape index (κ2) is 7.86. The van der Waals surface area contributed by atoms with Crippen LogP contribution in [-0.2, 0) is 23.3 Å². The molecule has 8 nitrogen and oxygen atoms in total. The Morgan fingerprint density at radius 2 is 1.54 bits per heavy atom. The summed E-state index contributed by atoms with van der Waals surface area (Å²) < 4.78 is 1.06. The van der Waals surface area contributed by atoms with Crippen LogP contribution in [0.25, 0.3) is 0 Å². The first-order valence-corrected chi connectivity index (χ1v) is 16.3. The summed E-state index contributed by atoms with van der Waals surface area (Å²) in [6.45, 7) is 0. The van der Waals surface area contributed by atoms with Crippen molar-refractivity contribution in [3.05, 3.63) is 67.2 Å². The van der Waals surface area contributed by atoms with E-state index in [0.29, 0.717) is 5.69 Å². The fourth-order valence-electron chi connectivity index (χ4n) is 1.87. The van der Waals surface area contributed by atoms with Crippen molar-refractivity contribution in [1.82, 2.24) is 0 Å². The second-order valence-electron chi connectivity index (χ2n) is 4.63. The monoisotopic (exact) mass is 557 g/mol. The molecule has 0 unspecified atom stereocenters. The molecule has 11 heteroatoms. The molecule has 0 atom stereocenters. The number of rotatable bonds is 5. The third kappa shape index (κ3) is 4.19. The third-order valence-corrected chi connectivity index (χ3v) is 9.18. The summed E-state index contributed by atoms with van der Waals surface area (Å²) in [7, 11) is 5.88. The van der Waals surface area contributed by atoms with Gasteiger partial charge in [-0.3, -0.25) is 0 Å². The van der Waals surface area contributed by atoms with Gasteiger partial charge in [-0.25, -0.2) is 0 Å². The van der Waals surface area contributed by atoms with Gasteiger partial charge in [-0.05, 0) is 0 Å². The van der Waals surface area contributed by atoms with Gasteiger partial charge >= 0.3 is 156 Å². The Labute approximate surface area is 155 Å². The van der Waals surface area contributed by atoms with Gasteiger partial charge in [0.25, 0.3) is 0 Å². The van der Waals surface area contributed by atoms with E-state index in [1.807, 2.05) is 0 Å². The number of halogens is 2. The molecule has 0 aliphatic heterocycles. The molecular formula is C13H7Cl2HgN3O5. The van der Waals surface area contributed by atoms with Crippen LogP contribution in [0.15, 0.2) is 36.4 Å². The number of anilines is 1. The summed E-state index contributed by atoms with van der Waals surface area (Å²) >= 11 is 4.12. The topological polar surface area (TPSA) is 115 Å². The molecule has 120 valence electrons. The van der Waals surface area contributed by atoms with E-state index >= 15 is 0 Å². The van der Waals surface area contributed by atoms with Crippen LogP contribution in [0.4, 0.5) is 17.1 Å². The number of amides is 1. The van der Waals surface area contributed by atoms with Crippen molar-refractivity contribution in [2.45, 2.75) is 0 Å². The van der Waals surface area contributed by atoms with Gasteiger partial charge in [0.1, 0.15) is 0 Å². The van der Waals surface area contributed by atoms with Gasteiger partial charge in [0.15, 0.2) is 0 Å². The Kier molecular flexibility index (Phi) is 6.08. The van der Waals surface area contributed by atoms with Gasteiger partial charge in [-0.2, -0.15) is 0 Å². The van der Waals surface area contributed by atoms with E-state index in [-0.39, 0.29) is 5.56 Å². The average molecular weight is 557 g/mol. The van der Waals surface area contributed by atoms with Crippen molar-refractivity contribution in [1.29, 1.82) is 0 Å². The predicted molar refractivity (Wildman–Crippen MR) is 84.6 cm³/mol. The van der Waals surface area contributed by atoms with E-state index in [0.717, 1.165) is 15.2 Å².